The molecule has 0 spiro atoms. The molecule has 0 aliphatic carbocycles. The second-order valence-corrected chi connectivity index (χ2v) is 6.46. The number of anilines is 1. The van der Waals surface area contributed by atoms with E-state index in [1.807, 2.05) is 36.4 Å². The van der Waals surface area contributed by atoms with Crippen LogP contribution in [0, 0.1) is 0 Å². The fraction of sp³-hybridized carbons (Fsp3) is 0.190. The van der Waals surface area contributed by atoms with Gasteiger partial charge in [-0.3, -0.25) is 4.79 Å². The molecule has 1 N–H and O–H groups in total. The highest BCUT2D eigenvalue weighted by Crippen LogP contribution is 2.28. The number of para-hydroxylation sites is 1. The summed E-state index contributed by atoms with van der Waals surface area (Å²) in [5.41, 5.74) is 2.79. The predicted molar refractivity (Wildman–Crippen MR) is 102 cm³/mol. The van der Waals surface area contributed by atoms with E-state index in [0.29, 0.717) is 16.7 Å². The molecule has 2 aromatic carbocycles. The first-order valence-electron chi connectivity index (χ1n) is 8.34. The van der Waals surface area contributed by atoms with Crippen molar-refractivity contribution in [2.75, 3.05) is 5.32 Å². The summed E-state index contributed by atoms with van der Waals surface area (Å²) in [6.45, 7) is 4.28. The topological polar surface area (TPSA) is 42.2 Å². The van der Waals surface area contributed by atoms with Gasteiger partial charge in [0.2, 0.25) is 0 Å². The summed E-state index contributed by atoms with van der Waals surface area (Å²) >= 11 is 6.01. The highest BCUT2D eigenvalue weighted by Gasteiger charge is 2.15. The van der Waals surface area contributed by atoms with Crippen molar-refractivity contribution in [3.05, 3.63) is 77.0 Å². The molecule has 4 heteroatoms. The fourth-order valence-electron chi connectivity index (χ4n) is 2.70. The van der Waals surface area contributed by atoms with Crippen LogP contribution in [0.1, 0.15) is 42.3 Å². The van der Waals surface area contributed by atoms with Gasteiger partial charge in [0.1, 0.15) is 5.76 Å². The van der Waals surface area contributed by atoms with Crippen LogP contribution in [0.15, 0.2) is 65.1 Å². The average molecular weight is 354 g/mol. The molecule has 0 saturated carbocycles. The van der Waals surface area contributed by atoms with Gasteiger partial charge in [-0.2, -0.15) is 0 Å². The third-order valence-electron chi connectivity index (χ3n) is 4.29. The largest absolute Gasteiger partial charge is 0.451 e. The van der Waals surface area contributed by atoms with Crippen molar-refractivity contribution in [3.8, 4) is 11.3 Å². The van der Waals surface area contributed by atoms with Gasteiger partial charge in [0.05, 0.1) is 0 Å². The van der Waals surface area contributed by atoms with Crippen molar-refractivity contribution in [1.29, 1.82) is 0 Å². The maximum Gasteiger partial charge on any atom is 0.291 e. The van der Waals surface area contributed by atoms with E-state index in [4.69, 9.17) is 16.0 Å². The van der Waals surface area contributed by atoms with Crippen molar-refractivity contribution in [3.63, 3.8) is 0 Å². The number of carbonyl (C=O) groups excluding carboxylic acids is 1. The van der Waals surface area contributed by atoms with Crippen LogP contribution in [-0.4, -0.2) is 5.91 Å². The van der Waals surface area contributed by atoms with Crippen molar-refractivity contribution in [2.24, 2.45) is 0 Å². The third kappa shape index (κ3) is 3.94. The number of amides is 1. The van der Waals surface area contributed by atoms with Gasteiger partial charge < -0.3 is 9.73 Å². The van der Waals surface area contributed by atoms with E-state index in [-0.39, 0.29) is 11.7 Å². The molecular weight excluding hydrogens is 334 g/mol. The smallest absolute Gasteiger partial charge is 0.291 e. The van der Waals surface area contributed by atoms with Crippen molar-refractivity contribution >= 4 is 23.2 Å². The fourth-order valence-corrected chi connectivity index (χ4v) is 2.89. The quantitative estimate of drug-likeness (QED) is 0.579. The zero-order chi connectivity index (χ0) is 17.8. The molecule has 1 heterocycles. The summed E-state index contributed by atoms with van der Waals surface area (Å²) in [4.78, 5) is 12.6. The monoisotopic (exact) mass is 353 g/mol. The van der Waals surface area contributed by atoms with Gasteiger partial charge in [0.25, 0.3) is 5.91 Å². The standard InChI is InChI=1S/C21H20ClNO2/c1-3-14(2)17-9-4-5-10-18(17)23-21(24)20-12-11-19(25-20)15-7-6-8-16(22)13-15/h4-14H,3H2,1-2H3,(H,23,24)/t14-/m1/s1. The van der Waals surface area contributed by atoms with Crippen molar-refractivity contribution < 1.29 is 9.21 Å². The molecule has 0 radical (unpaired) electrons. The van der Waals surface area contributed by atoms with E-state index in [0.717, 1.165) is 23.2 Å². The van der Waals surface area contributed by atoms with E-state index < -0.39 is 0 Å². The maximum atomic E-state index is 12.6. The summed E-state index contributed by atoms with van der Waals surface area (Å²) in [6, 6.07) is 18.7. The number of rotatable bonds is 5. The lowest BCUT2D eigenvalue weighted by atomic mass is 9.97. The van der Waals surface area contributed by atoms with Crippen LogP contribution in [0.5, 0.6) is 0 Å². The number of hydrogen-bond acceptors (Lipinski definition) is 2. The molecule has 0 aliphatic heterocycles. The molecule has 1 atom stereocenters. The van der Waals surface area contributed by atoms with Gasteiger partial charge >= 0.3 is 0 Å². The van der Waals surface area contributed by atoms with Gasteiger partial charge in [-0.25, -0.2) is 0 Å². The molecule has 3 aromatic rings. The number of hydrogen-bond donors (Lipinski definition) is 1. The molecule has 3 rings (SSSR count). The van der Waals surface area contributed by atoms with Crippen LogP contribution in [0.4, 0.5) is 5.69 Å². The van der Waals surface area contributed by atoms with Gasteiger partial charge in [-0.05, 0) is 48.2 Å². The lowest BCUT2D eigenvalue weighted by Gasteiger charge is -2.15. The summed E-state index contributed by atoms with van der Waals surface area (Å²) in [7, 11) is 0. The molecular formula is C21H20ClNO2. The molecule has 0 aliphatic rings. The molecule has 0 bridgehead atoms. The Balaban J connectivity index is 1.81. The SMILES string of the molecule is CC[C@@H](C)c1ccccc1NC(=O)c1ccc(-c2cccc(Cl)c2)o1. The molecule has 128 valence electrons. The highest BCUT2D eigenvalue weighted by molar-refractivity contribution is 6.30. The second-order valence-electron chi connectivity index (χ2n) is 6.02. The first-order chi connectivity index (χ1) is 12.1. The zero-order valence-electron chi connectivity index (χ0n) is 14.3. The number of benzene rings is 2. The number of nitrogens with one attached hydrogen (secondary N) is 1. The van der Waals surface area contributed by atoms with Crippen molar-refractivity contribution in [1.82, 2.24) is 0 Å². The van der Waals surface area contributed by atoms with Crippen molar-refractivity contribution in [2.45, 2.75) is 26.2 Å². The van der Waals surface area contributed by atoms with E-state index >= 15 is 0 Å². The number of halogens is 1. The minimum Gasteiger partial charge on any atom is -0.451 e. The summed E-state index contributed by atoms with van der Waals surface area (Å²) in [5, 5.41) is 3.59. The maximum absolute atomic E-state index is 12.6. The molecule has 1 aromatic heterocycles. The first kappa shape index (κ1) is 17.3. The molecule has 0 fully saturated rings. The molecule has 3 nitrogen and oxygen atoms in total. The van der Waals surface area contributed by atoms with Gasteiger partial charge in [0, 0.05) is 16.3 Å². The van der Waals surface area contributed by atoms with Crippen LogP contribution in [-0.2, 0) is 0 Å². The van der Waals surface area contributed by atoms with Gasteiger partial charge in [-0.1, -0.05) is 55.8 Å². The van der Waals surface area contributed by atoms with Crippen LogP contribution in [0.25, 0.3) is 11.3 Å². The third-order valence-corrected chi connectivity index (χ3v) is 4.53. The Morgan fingerprint density at radius 3 is 2.68 bits per heavy atom. The van der Waals surface area contributed by atoms with Crippen LogP contribution in [0.2, 0.25) is 5.02 Å². The summed E-state index contributed by atoms with van der Waals surface area (Å²) in [5.74, 6) is 0.996. The Morgan fingerprint density at radius 1 is 1.12 bits per heavy atom. The molecule has 0 unspecified atom stereocenters. The van der Waals surface area contributed by atoms with Crippen LogP contribution < -0.4 is 5.32 Å². The van der Waals surface area contributed by atoms with E-state index in [1.165, 1.54) is 0 Å². The molecule has 0 saturated heterocycles. The Hall–Kier alpha value is -2.52. The van der Waals surface area contributed by atoms with Gasteiger partial charge in [-0.15, -0.1) is 0 Å². The Kier molecular flexibility index (Phi) is 5.25. The zero-order valence-corrected chi connectivity index (χ0v) is 15.0. The van der Waals surface area contributed by atoms with Crippen LogP contribution >= 0.6 is 11.6 Å². The van der Waals surface area contributed by atoms with Gasteiger partial charge in [0.15, 0.2) is 5.76 Å². The van der Waals surface area contributed by atoms with E-state index in [2.05, 4.69) is 19.2 Å². The van der Waals surface area contributed by atoms with E-state index in [1.54, 1.807) is 24.3 Å². The summed E-state index contributed by atoms with van der Waals surface area (Å²) < 4.78 is 5.71. The average Bonchev–Trinajstić information content (AvgIpc) is 3.12. The highest BCUT2D eigenvalue weighted by atomic mass is 35.5. The molecule has 1 amide bonds. The Morgan fingerprint density at radius 2 is 1.92 bits per heavy atom. The number of furan rings is 1. The minimum absolute atomic E-state index is 0.260. The predicted octanol–water partition coefficient (Wildman–Crippen LogP) is 6.37. The first-order valence-corrected chi connectivity index (χ1v) is 8.72. The lowest BCUT2D eigenvalue weighted by Crippen LogP contribution is -2.13. The Labute approximate surface area is 152 Å². The minimum atomic E-state index is -0.260. The number of carbonyl (C=O) groups is 1. The lowest BCUT2D eigenvalue weighted by molar-refractivity contribution is 0.0997. The second kappa shape index (κ2) is 7.58. The Bertz CT molecular complexity index is 885. The normalized spacial score (nSPS) is 12.0. The van der Waals surface area contributed by atoms with Crippen LogP contribution in [0.3, 0.4) is 0 Å². The molecule has 25 heavy (non-hydrogen) atoms. The summed E-state index contributed by atoms with van der Waals surface area (Å²) in [6.07, 6.45) is 1.01. The van der Waals surface area contributed by atoms with E-state index in [9.17, 15) is 4.79 Å².